The van der Waals surface area contributed by atoms with Crippen molar-refractivity contribution in [2.45, 2.75) is 19.3 Å². The number of aryl methyl sites for hydroxylation is 1. The van der Waals surface area contributed by atoms with Gasteiger partial charge in [-0.2, -0.15) is 0 Å². The maximum Gasteiger partial charge on any atom is 0.338 e. The topological polar surface area (TPSA) is 89.8 Å². The number of aromatic amines is 1. The van der Waals surface area contributed by atoms with Crippen molar-refractivity contribution in [3.8, 4) is 0 Å². The Morgan fingerprint density at radius 2 is 1.82 bits per heavy atom. The molecule has 0 aliphatic carbocycles. The van der Waals surface area contributed by atoms with Gasteiger partial charge in [0.2, 0.25) is 0 Å². The second-order valence-electron chi connectivity index (χ2n) is 8.61. The Balaban J connectivity index is 1.13. The molecule has 3 heterocycles. The quantitative estimate of drug-likeness (QED) is 0.329. The lowest BCUT2D eigenvalue weighted by Gasteiger charge is -2.36. The molecule has 1 aliphatic heterocycles. The van der Waals surface area contributed by atoms with Crippen LogP contribution in [0.2, 0.25) is 0 Å². The second kappa shape index (κ2) is 9.11. The third-order valence-corrected chi connectivity index (χ3v) is 6.53. The van der Waals surface area contributed by atoms with Crippen LogP contribution in [0.4, 0.5) is 5.69 Å². The summed E-state index contributed by atoms with van der Waals surface area (Å²) in [5, 5.41) is 11.2. The second-order valence-corrected chi connectivity index (χ2v) is 8.61. The fourth-order valence-corrected chi connectivity index (χ4v) is 4.75. The van der Waals surface area contributed by atoms with Crippen LogP contribution < -0.4 is 10.5 Å². The standard InChI is InChI=1S/C26H27N3O4/c30-25-16-23(21-6-1-2-7-24(21)33-25)29-13-11-28(12-14-29)10-4-3-5-19-17-27-22-15-18(26(31)32)8-9-20(19)22/h1-2,6-9,15-17,27H,3-5,10-14H2,(H,31,32). The molecule has 0 unspecified atom stereocenters. The molecule has 2 aromatic heterocycles. The molecule has 7 nitrogen and oxygen atoms in total. The third kappa shape index (κ3) is 4.50. The van der Waals surface area contributed by atoms with Gasteiger partial charge in [0.15, 0.2) is 0 Å². The lowest BCUT2D eigenvalue weighted by atomic mass is 10.1. The highest BCUT2D eigenvalue weighted by Gasteiger charge is 2.19. The number of para-hydroxylation sites is 1. The van der Waals surface area contributed by atoms with E-state index in [0.717, 1.165) is 74.0 Å². The maximum absolute atomic E-state index is 12.0. The fourth-order valence-electron chi connectivity index (χ4n) is 4.75. The zero-order valence-corrected chi connectivity index (χ0v) is 18.4. The number of carboxylic acid groups (broad SMARTS) is 1. The number of carbonyl (C=O) groups is 1. The van der Waals surface area contributed by atoms with Gasteiger partial charge in [0.1, 0.15) is 5.58 Å². The first-order chi connectivity index (χ1) is 16.1. The normalized spacial score (nSPS) is 14.8. The van der Waals surface area contributed by atoms with E-state index in [4.69, 9.17) is 9.52 Å². The van der Waals surface area contributed by atoms with Crippen molar-refractivity contribution in [3.63, 3.8) is 0 Å². The predicted molar refractivity (Wildman–Crippen MR) is 129 cm³/mol. The van der Waals surface area contributed by atoms with Gasteiger partial charge in [-0.25, -0.2) is 9.59 Å². The van der Waals surface area contributed by atoms with E-state index < -0.39 is 5.97 Å². The number of nitrogens with zero attached hydrogens (tertiary/aromatic N) is 2. The van der Waals surface area contributed by atoms with Crippen LogP contribution in [0.3, 0.4) is 0 Å². The summed E-state index contributed by atoms with van der Waals surface area (Å²) in [6, 6.07) is 14.6. The van der Waals surface area contributed by atoms with Gasteiger partial charge in [-0.05, 0) is 55.6 Å². The van der Waals surface area contributed by atoms with E-state index in [9.17, 15) is 9.59 Å². The van der Waals surface area contributed by atoms with Gasteiger partial charge in [0, 0.05) is 54.7 Å². The summed E-state index contributed by atoms with van der Waals surface area (Å²) < 4.78 is 5.33. The summed E-state index contributed by atoms with van der Waals surface area (Å²) in [5.74, 6) is -0.905. The highest BCUT2D eigenvalue weighted by Crippen LogP contribution is 2.26. The van der Waals surface area contributed by atoms with Crippen LogP contribution in [0.25, 0.3) is 21.9 Å². The van der Waals surface area contributed by atoms with Crippen LogP contribution in [-0.4, -0.2) is 53.7 Å². The van der Waals surface area contributed by atoms with Crippen LogP contribution in [0.15, 0.2) is 63.9 Å². The van der Waals surface area contributed by atoms with Crippen LogP contribution >= 0.6 is 0 Å². The first-order valence-corrected chi connectivity index (χ1v) is 11.4. The van der Waals surface area contributed by atoms with Gasteiger partial charge in [-0.1, -0.05) is 18.2 Å². The van der Waals surface area contributed by atoms with E-state index in [1.54, 1.807) is 18.2 Å². The number of nitrogens with one attached hydrogen (secondary N) is 1. The summed E-state index contributed by atoms with van der Waals surface area (Å²) in [4.78, 5) is 31.1. The lowest BCUT2D eigenvalue weighted by Crippen LogP contribution is -2.46. The number of aromatic carboxylic acids is 1. The number of fused-ring (bicyclic) bond motifs is 2. The average Bonchev–Trinajstić information content (AvgIpc) is 3.24. The van der Waals surface area contributed by atoms with E-state index in [1.165, 1.54) is 5.56 Å². The van der Waals surface area contributed by atoms with Crippen molar-refractivity contribution in [1.82, 2.24) is 9.88 Å². The van der Waals surface area contributed by atoms with Gasteiger partial charge in [0.05, 0.1) is 11.3 Å². The minimum absolute atomic E-state index is 0.303. The van der Waals surface area contributed by atoms with Crippen LogP contribution in [-0.2, 0) is 6.42 Å². The Bertz CT molecular complexity index is 1350. The summed E-state index contributed by atoms with van der Waals surface area (Å²) in [7, 11) is 0. The Kier molecular flexibility index (Phi) is 5.88. The molecule has 2 N–H and O–H groups in total. The SMILES string of the molecule is O=C(O)c1ccc2c(CCCCN3CCN(c4cc(=O)oc5ccccc45)CC3)c[nH]c2c1. The van der Waals surface area contributed by atoms with Crippen LogP contribution in [0, 0.1) is 0 Å². The van der Waals surface area contributed by atoms with Gasteiger partial charge in [-0.3, -0.25) is 4.90 Å². The number of rotatable bonds is 7. The third-order valence-electron chi connectivity index (χ3n) is 6.53. The first-order valence-electron chi connectivity index (χ1n) is 11.4. The number of unbranched alkanes of at least 4 members (excludes halogenated alkanes) is 1. The highest BCUT2D eigenvalue weighted by molar-refractivity contribution is 5.94. The van der Waals surface area contributed by atoms with Gasteiger partial charge in [0.25, 0.3) is 0 Å². The number of anilines is 1. The van der Waals surface area contributed by atoms with E-state index >= 15 is 0 Å². The molecule has 0 atom stereocenters. The van der Waals surface area contributed by atoms with Crippen molar-refractivity contribution in [2.75, 3.05) is 37.6 Å². The molecule has 4 aromatic rings. The van der Waals surface area contributed by atoms with Crippen molar-refractivity contribution < 1.29 is 14.3 Å². The summed E-state index contributed by atoms with van der Waals surface area (Å²) in [5.41, 5.74) is 3.72. The Morgan fingerprint density at radius 1 is 1.00 bits per heavy atom. The van der Waals surface area contributed by atoms with Crippen molar-refractivity contribution >= 4 is 33.5 Å². The molecule has 2 aromatic carbocycles. The van der Waals surface area contributed by atoms with Crippen LogP contribution in [0.1, 0.15) is 28.8 Å². The van der Waals surface area contributed by atoms with Crippen molar-refractivity contribution in [1.29, 1.82) is 0 Å². The summed E-state index contributed by atoms with van der Waals surface area (Å²) in [6.45, 7) is 4.78. The number of hydrogen-bond donors (Lipinski definition) is 2. The van der Waals surface area contributed by atoms with Crippen LogP contribution in [0.5, 0.6) is 0 Å². The van der Waals surface area contributed by atoms with Gasteiger partial charge in [-0.15, -0.1) is 0 Å². The molecule has 1 saturated heterocycles. The Morgan fingerprint density at radius 3 is 2.64 bits per heavy atom. The summed E-state index contributed by atoms with van der Waals surface area (Å²) >= 11 is 0. The average molecular weight is 446 g/mol. The summed E-state index contributed by atoms with van der Waals surface area (Å²) in [6.07, 6.45) is 5.16. The molecular formula is C26H27N3O4. The minimum Gasteiger partial charge on any atom is -0.478 e. The molecule has 0 saturated carbocycles. The van der Waals surface area contributed by atoms with Gasteiger partial charge >= 0.3 is 11.6 Å². The number of carboxylic acids is 1. The molecule has 0 bridgehead atoms. The molecule has 0 amide bonds. The molecule has 7 heteroatoms. The minimum atomic E-state index is -0.905. The smallest absolute Gasteiger partial charge is 0.338 e. The fraction of sp³-hybridized carbons (Fsp3) is 0.308. The number of hydrogen-bond acceptors (Lipinski definition) is 5. The number of H-pyrrole nitrogens is 1. The zero-order chi connectivity index (χ0) is 22.8. The maximum atomic E-state index is 12.0. The molecule has 0 radical (unpaired) electrons. The first kappa shape index (κ1) is 21.3. The molecule has 0 spiro atoms. The van der Waals surface area contributed by atoms with Gasteiger partial charge < -0.3 is 19.4 Å². The molecule has 1 aliphatic rings. The molecule has 5 rings (SSSR count). The van der Waals surface area contributed by atoms with Crippen molar-refractivity contribution in [3.05, 3.63) is 76.3 Å². The highest BCUT2D eigenvalue weighted by atomic mass is 16.4. The Labute approximate surface area is 191 Å². The van der Waals surface area contributed by atoms with E-state index in [0.29, 0.717) is 11.1 Å². The molecule has 33 heavy (non-hydrogen) atoms. The number of aromatic nitrogens is 1. The van der Waals surface area contributed by atoms with Crippen molar-refractivity contribution in [2.24, 2.45) is 0 Å². The van der Waals surface area contributed by atoms with E-state index in [1.807, 2.05) is 36.5 Å². The number of piperazine rings is 1. The largest absolute Gasteiger partial charge is 0.478 e. The predicted octanol–water partition coefficient (Wildman–Crippen LogP) is 4.12. The van der Waals surface area contributed by atoms with E-state index in [-0.39, 0.29) is 5.63 Å². The zero-order valence-electron chi connectivity index (χ0n) is 18.4. The Hall–Kier alpha value is -3.58. The van der Waals surface area contributed by atoms with E-state index in [2.05, 4.69) is 14.8 Å². The monoisotopic (exact) mass is 445 g/mol. The molecular weight excluding hydrogens is 418 g/mol. The lowest BCUT2D eigenvalue weighted by molar-refractivity contribution is 0.0697. The number of benzene rings is 2. The molecule has 170 valence electrons. The molecule has 1 fully saturated rings.